The molecule has 1 heterocycles. The number of hydrogen-bond donors (Lipinski definition) is 0. The van der Waals surface area contributed by atoms with Crippen LogP contribution < -0.4 is 0 Å². The minimum Gasteiger partial charge on any atom is -0.146 e. The number of hydrogen-bond acceptors (Lipinski definition) is 1. The molecule has 0 aromatic carbocycles. The molecule has 1 aromatic heterocycles. The molecule has 0 saturated heterocycles. The van der Waals surface area contributed by atoms with Crippen LogP contribution in [-0.4, -0.2) is 0 Å². The van der Waals surface area contributed by atoms with Crippen molar-refractivity contribution in [1.29, 1.82) is 0 Å². The van der Waals surface area contributed by atoms with Crippen LogP contribution in [0.3, 0.4) is 0 Å². The molecule has 0 N–H and O–H groups in total. The molecule has 0 nitrogen and oxygen atoms in total. The first-order valence-corrected chi connectivity index (χ1v) is 4.75. The molecule has 1 aliphatic rings. The summed E-state index contributed by atoms with van der Waals surface area (Å²) in [7, 11) is 0. The third kappa shape index (κ3) is 0.982. The lowest BCUT2D eigenvalue weighted by atomic mass is 10.1. The molecule has 0 radical (unpaired) electrons. The Kier molecular flexibility index (Phi) is 1.49. The van der Waals surface area contributed by atoms with Crippen molar-refractivity contribution in [2.45, 2.75) is 18.3 Å². The van der Waals surface area contributed by atoms with Crippen LogP contribution in [0.5, 0.6) is 0 Å². The molecule has 56 valence electrons. The van der Waals surface area contributed by atoms with Crippen molar-refractivity contribution >= 4 is 22.9 Å². The summed E-state index contributed by atoms with van der Waals surface area (Å²) in [6.45, 7) is 0. The Hall–Kier alpha value is -0.450. The molecule has 0 spiro atoms. The zero-order chi connectivity index (χ0) is 7.90. The molecule has 0 aliphatic heterocycles. The Bertz CT molecular complexity index is 315. The highest BCUT2D eigenvalue weighted by molar-refractivity contribution is 7.10. The van der Waals surface area contributed by atoms with E-state index < -0.39 is 0 Å². The SMILES string of the molecule is C#CC1(c2sccc2Cl)CC1. The summed E-state index contributed by atoms with van der Waals surface area (Å²) in [5.41, 5.74) is 0.0191. The largest absolute Gasteiger partial charge is 0.146 e. The van der Waals surface area contributed by atoms with Gasteiger partial charge in [0.25, 0.3) is 0 Å². The van der Waals surface area contributed by atoms with Gasteiger partial charge in [0.05, 0.1) is 10.4 Å². The molecule has 2 heteroatoms. The van der Waals surface area contributed by atoms with E-state index in [2.05, 4.69) is 5.92 Å². The van der Waals surface area contributed by atoms with Crippen molar-refractivity contribution in [2.24, 2.45) is 0 Å². The zero-order valence-corrected chi connectivity index (χ0v) is 7.50. The molecule has 11 heavy (non-hydrogen) atoms. The van der Waals surface area contributed by atoms with Crippen molar-refractivity contribution < 1.29 is 0 Å². The monoisotopic (exact) mass is 182 g/mol. The van der Waals surface area contributed by atoms with Gasteiger partial charge < -0.3 is 0 Å². The predicted octanol–water partition coefficient (Wildman–Crippen LogP) is 3.07. The van der Waals surface area contributed by atoms with E-state index in [4.69, 9.17) is 18.0 Å². The van der Waals surface area contributed by atoms with Crippen LogP contribution in [0.15, 0.2) is 11.4 Å². The quantitative estimate of drug-likeness (QED) is 0.586. The number of thiophene rings is 1. The van der Waals surface area contributed by atoms with E-state index in [1.807, 2.05) is 11.4 Å². The lowest BCUT2D eigenvalue weighted by Crippen LogP contribution is -1.98. The summed E-state index contributed by atoms with van der Waals surface area (Å²) >= 11 is 7.63. The van der Waals surface area contributed by atoms with Crippen LogP contribution in [0.4, 0.5) is 0 Å². The normalized spacial score (nSPS) is 19.3. The van der Waals surface area contributed by atoms with Gasteiger partial charge in [-0.25, -0.2) is 0 Å². The van der Waals surface area contributed by atoms with Gasteiger partial charge >= 0.3 is 0 Å². The average Bonchev–Trinajstić information content (AvgIpc) is 2.70. The Morgan fingerprint density at radius 3 is 2.73 bits per heavy atom. The molecule has 0 amide bonds. The van der Waals surface area contributed by atoms with E-state index in [-0.39, 0.29) is 5.41 Å². The maximum atomic E-state index is 5.96. The van der Waals surface area contributed by atoms with E-state index in [0.29, 0.717) is 0 Å². The third-order valence-corrected chi connectivity index (χ3v) is 3.62. The van der Waals surface area contributed by atoms with Gasteiger partial charge in [-0.2, -0.15) is 0 Å². The van der Waals surface area contributed by atoms with E-state index in [0.717, 1.165) is 17.9 Å². The van der Waals surface area contributed by atoms with Crippen LogP contribution in [0.25, 0.3) is 0 Å². The number of rotatable bonds is 1. The zero-order valence-electron chi connectivity index (χ0n) is 5.93. The van der Waals surface area contributed by atoms with Crippen LogP contribution in [0.1, 0.15) is 17.7 Å². The fourth-order valence-electron chi connectivity index (χ4n) is 1.20. The molecule has 1 aromatic rings. The fraction of sp³-hybridized carbons (Fsp3) is 0.333. The van der Waals surface area contributed by atoms with E-state index in [1.165, 1.54) is 4.88 Å². The Morgan fingerprint density at radius 1 is 1.64 bits per heavy atom. The van der Waals surface area contributed by atoms with Crippen molar-refractivity contribution in [3.8, 4) is 12.3 Å². The molecule has 0 atom stereocenters. The van der Waals surface area contributed by atoms with Gasteiger partial charge in [-0.05, 0) is 24.3 Å². The van der Waals surface area contributed by atoms with E-state index >= 15 is 0 Å². The van der Waals surface area contributed by atoms with Crippen LogP contribution in [0.2, 0.25) is 5.02 Å². The number of terminal acetylenes is 1. The topological polar surface area (TPSA) is 0 Å². The Balaban J connectivity index is 2.45. The summed E-state index contributed by atoms with van der Waals surface area (Å²) in [5.74, 6) is 2.82. The first kappa shape index (κ1) is 7.21. The lowest BCUT2D eigenvalue weighted by molar-refractivity contribution is 0.962. The summed E-state index contributed by atoms with van der Waals surface area (Å²) in [5, 5.41) is 2.83. The highest BCUT2D eigenvalue weighted by atomic mass is 35.5. The second-order valence-corrected chi connectivity index (χ2v) is 4.15. The van der Waals surface area contributed by atoms with Gasteiger partial charge in [-0.3, -0.25) is 0 Å². The standard InChI is InChI=1S/C9H7ClS/c1-2-9(4-5-9)8-7(10)3-6-11-8/h1,3,6H,4-5H2. The average molecular weight is 183 g/mol. The second-order valence-electron chi connectivity index (χ2n) is 2.82. The smallest absolute Gasteiger partial charge is 0.0669 e. The molecule has 1 saturated carbocycles. The van der Waals surface area contributed by atoms with Gasteiger partial charge in [0, 0.05) is 4.88 Å². The second kappa shape index (κ2) is 2.27. The van der Waals surface area contributed by atoms with Gasteiger partial charge in [0.15, 0.2) is 0 Å². The van der Waals surface area contributed by atoms with Gasteiger partial charge in [0.1, 0.15) is 0 Å². The van der Waals surface area contributed by atoms with Crippen molar-refractivity contribution in [3.05, 3.63) is 21.3 Å². The fourth-order valence-corrected chi connectivity index (χ4v) is 2.66. The molecule has 2 rings (SSSR count). The van der Waals surface area contributed by atoms with E-state index in [9.17, 15) is 0 Å². The summed E-state index contributed by atoms with van der Waals surface area (Å²) in [4.78, 5) is 1.18. The molecule has 1 aliphatic carbocycles. The summed E-state index contributed by atoms with van der Waals surface area (Å²) in [6, 6.07) is 1.92. The van der Waals surface area contributed by atoms with Crippen molar-refractivity contribution in [2.75, 3.05) is 0 Å². The predicted molar refractivity (Wildman–Crippen MR) is 49.1 cm³/mol. The Labute approximate surface area is 75.2 Å². The van der Waals surface area contributed by atoms with Crippen LogP contribution in [0, 0.1) is 12.3 Å². The van der Waals surface area contributed by atoms with Gasteiger partial charge in [-0.1, -0.05) is 17.5 Å². The highest BCUT2D eigenvalue weighted by Crippen LogP contribution is 2.51. The molecule has 0 bridgehead atoms. The van der Waals surface area contributed by atoms with Gasteiger partial charge in [-0.15, -0.1) is 17.8 Å². The number of halogens is 1. The molecule has 1 fully saturated rings. The first-order valence-electron chi connectivity index (χ1n) is 3.50. The maximum Gasteiger partial charge on any atom is 0.0669 e. The molecule has 0 unspecified atom stereocenters. The van der Waals surface area contributed by atoms with Crippen molar-refractivity contribution in [1.82, 2.24) is 0 Å². The first-order chi connectivity index (χ1) is 5.28. The van der Waals surface area contributed by atoms with Crippen molar-refractivity contribution in [3.63, 3.8) is 0 Å². The van der Waals surface area contributed by atoms with Crippen LogP contribution in [-0.2, 0) is 5.41 Å². The minimum atomic E-state index is 0.0191. The highest BCUT2D eigenvalue weighted by Gasteiger charge is 2.44. The maximum absolute atomic E-state index is 5.96. The van der Waals surface area contributed by atoms with Gasteiger partial charge in [0.2, 0.25) is 0 Å². The summed E-state index contributed by atoms with van der Waals surface area (Å²) in [6.07, 6.45) is 7.63. The van der Waals surface area contributed by atoms with E-state index in [1.54, 1.807) is 11.3 Å². The minimum absolute atomic E-state index is 0.0191. The van der Waals surface area contributed by atoms with Crippen LogP contribution >= 0.6 is 22.9 Å². The Morgan fingerprint density at radius 2 is 2.36 bits per heavy atom. The third-order valence-electron chi connectivity index (χ3n) is 2.08. The molecular weight excluding hydrogens is 176 g/mol. The molecular formula is C9H7ClS. The summed E-state index contributed by atoms with van der Waals surface area (Å²) < 4.78 is 0. The lowest BCUT2D eigenvalue weighted by Gasteiger charge is -2.03.